The standard InChI is InChI=1S/C10H16N2O4.C5H14O6P2.C2H8N2/c1-5(13)9(11,6(2)14)10(12,7(3)15)8(4)16;6-12(7,8)4-2-1-3-5-13(9,10)11;3-1-2-4/h11-12H2,1-4H3;1-5H2,(H2,6,7,8)(H2,9,10,11);1-4H2. The number of nitrogens with two attached hydrogens (primary N) is 4. The molecule has 0 fully saturated rings. The molecule has 0 saturated carbocycles. The predicted molar refractivity (Wildman–Crippen MR) is 122 cm³/mol. The van der Waals surface area contributed by atoms with E-state index in [1.165, 1.54) is 0 Å². The minimum Gasteiger partial charge on any atom is -0.329 e. The Balaban J connectivity index is -0.000000476. The molecule has 0 rings (SSSR count). The van der Waals surface area contributed by atoms with Gasteiger partial charge in [-0.05, 0) is 40.5 Å². The van der Waals surface area contributed by atoms with Gasteiger partial charge in [-0.25, -0.2) is 0 Å². The summed E-state index contributed by atoms with van der Waals surface area (Å²) in [5, 5.41) is 0. The monoisotopic (exact) mass is 520 g/mol. The number of Topliss-reactive ketones (excluding diaryl/α,β-unsaturated/α-hetero) is 4. The highest BCUT2D eigenvalue weighted by molar-refractivity contribution is 7.52. The second-order valence-electron chi connectivity index (χ2n) is 7.26. The minimum absolute atomic E-state index is 0.214. The SMILES string of the molecule is CC(=O)C(N)(C(C)=O)C(N)(C(C)=O)C(C)=O.NCCN.O=P(O)(O)CCCCCP(=O)(O)O. The summed E-state index contributed by atoms with van der Waals surface area (Å²) in [4.78, 5) is 79.5. The van der Waals surface area contributed by atoms with Gasteiger partial charge in [-0.2, -0.15) is 0 Å². The maximum atomic E-state index is 11.4. The molecule has 0 aliphatic heterocycles. The van der Waals surface area contributed by atoms with Gasteiger partial charge in [-0.3, -0.25) is 28.3 Å². The Labute approximate surface area is 193 Å². The Bertz CT molecular complexity index is 673. The van der Waals surface area contributed by atoms with Crippen LogP contribution >= 0.6 is 15.2 Å². The topological polar surface area (TPSA) is 287 Å². The van der Waals surface area contributed by atoms with E-state index in [0.717, 1.165) is 27.7 Å². The molecule has 12 N–H and O–H groups in total. The van der Waals surface area contributed by atoms with Crippen LogP contribution in [-0.2, 0) is 28.3 Å². The molecule has 0 unspecified atom stereocenters. The van der Waals surface area contributed by atoms with Crippen LogP contribution in [-0.4, -0.2) is 79.2 Å². The van der Waals surface area contributed by atoms with Crippen LogP contribution in [0.4, 0.5) is 0 Å². The van der Waals surface area contributed by atoms with Crippen molar-refractivity contribution >= 4 is 38.3 Å². The molecule has 0 bridgehead atoms. The summed E-state index contributed by atoms with van der Waals surface area (Å²) in [6.45, 7) is 5.29. The highest BCUT2D eigenvalue weighted by Crippen LogP contribution is 2.38. The smallest absolute Gasteiger partial charge is 0.325 e. The van der Waals surface area contributed by atoms with Gasteiger partial charge in [0.15, 0.2) is 34.2 Å². The summed E-state index contributed by atoms with van der Waals surface area (Å²) >= 11 is 0. The van der Waals surface area contributed by atoms with E-state index in [-0.39, 0.29) is 12.3 Å². The highest BCUT2D eigenvalue weighted by atomic mass is 31.2. The zero-order valence-electron chi connectivity index (χ0n) is 19.4. The third-order valence-electron chi connectivity index (χ3n) is 4.41. The lowest BCUT2D eigenvalue weighted by Gasteiger charge is -2.38. The molecular formula is C17H38N4O10P2. The first-order chi connectivity index (χ1) is 14.6. The summed E-state index contributed by atoms with van der Waals surface area (Å²) < 4.78 is 20.7. The molecular weight excluding hydrogens is 482 g/mol. The lowest BCUT2D eigenvalue weighted by Crippen LogP contribution is -2.78. The Morgan fingerprint density at radius 2 is 0.818 bits per heavy atom. The van der Waals surface area contributed by atoms with Gasteiger partial charge < -0.3 is 42.5 Å². The van der Waals surface area contributed by atoms with Crippen LogP contribution in [0.25, 0.3) is 0 Å². The lowest BCUT2D eigenvalue weighted by molar-refractivity contribution is -0.147. The van der Waals surface area contributed by atoms with Crippen molar-refractivity contribution < 1.29 is 47.9 Å². The summed E-state index contributed by atoms with van der Waals surface area (Å²) in [6.07, 6.45) is 0.590. The fourth-order valence-electron chi connectivity index (χ4n) is 2.42. The zero-order valence-corrected chi connectivity index (χ0v) is 21.2. The Morgan fingerprint density at radius 1 is 0.606 bits per heavy atom. The van der Waals surface area contributed by atoms with Gasteiger partial charge in [-0.15, -0.1) is 0 Å². The Hall–Kier alpha value is -1.18. The van der Waals surface area contributed by atoms with Gasteiger partial charge in [0.1, 0.15) is 0 Å². The van der Waals surface area contributed by atoms with E-state index in [1.807, 2.05) is 0 Å². The van der Waals surface area contributed by atoms with E-state index in [2.05, 4.69) is 0 Å². The number of ketones is 4. The number of hydrogen-bond donors (Lipinski definition) is 8. The molecule has 0 amide bonds. The third-order valence-corrected chi connectivity index (χ3v) is 6.21. The van der Waals surface area contributed by atoms with Crippen LogP contribution in [0.5, 0.6) is 0 Å². The van der Waals surface area contributed by atoms with Crippen molar-refractivity contribution in [2.45, 2.75) is 58.0 Å². The Kier molecular flexibility index (Phi) is 17.3. The Morgan fingerprint density at radius 3 is 0.939 bits per heavy atom. The highest BCUT2D eigenvalue weighted by Gasteiger charge is 2.59. The van der Waals surface area contributed by atoms with Crippen LogP contribution in [0.1, 0.15) is 47.0 Å². The fourth-order valence-corrected chi connectivity index (χ4v) is 3.69. The third kappa shape index (κ3) is 14.0. The van der Waals surface area contributed by atoms with Crippen LogP contribution in [0.2, 0.25) is 0 Å². The molecule has 14 nitrogen and oxygen atoms in total. The van der Waals surface area contributed by atoms with E-state index < -0.39 is 49.4 Å². The molecule has 33 heavy (non-hydrogen) atoms. The fraction of sp³-hybridized carbons (Fsp3) is 0.765. The number of hydrogen-bond acceptors (Lipinski definition) is 10. The molecule has 196 valence electrons. The maximum Gasteiger partial charge on any atom is 0.325 e. The van der Waals surface area contributed by atoms with Crippen LogP contribution < -0.4 is 22.9 Å². The maximum absolute atomic E-state index is 11.4. The first kappa shape index (κ1) is 36.4. The van der Waals surface area contributed by atoms with Crippen molar-refractivity contribution in [3.63, 3.8) is 0 Å². The van der Waals surface area contributed by atoms with Gasteiger partial charge in [0, 0.05) is 25.4 Å². The number of carbonyl (C=O) groups is 4. The van der Waals surface area contributed by atoms with Crippen molar-refractivity contribution in [3.05, 3.63) is 0 Å². The molecule has 0 atom stereocenters. The molecule has 0 aliphatic rings. The van der Waals surface area contributed by atoms with Gasteiger partial charge >= 0.3 is 15.2 Å². The first-order valence-corrected chi connectivity index (χ1v) is 13.4. The van der Waals surface area contributed by atoms with E-state index in [4.69, 9.17) is 42.5 Å². The zero-order chi connectivity index (χ0) is 27.3. The molecule has 0 spiro atoms. The predicted octanol–water partition coefficient (Wildman–Crippen LogP) is -1.85. The van der Waals surface area contributed by atoms with Crippen LogP contribution in [0.3, 0.4) is 0 Å². The number of unbranched alkanes of at least 4 members (excludes halogenated alkanes) is 2. The molecule has 0 radical (unpaired) electrons. The van der Waals surface area contributed by atoms with Crippen molar-refractivity contribution in [3.8, 4) is 0 Å². The first-order valence-electron chi connectivity index (χ1n) is 9.76. The van der Waals surface area contributed by atoms with Gasteiger partial charge in [0.2, 0.25) is 0 Å². The van der Waals surface area contributed by atoms with Crippen molar-refractivity contribution in [1.29, 1.82) is 0 Å². The molecule has 0 aromatic carbocycles. The van der Waals surface area contributed by atoms with Gasteiger partial charge in [-0.1, -0.05) is 6.42 Å². The van der Waals surface area contributed by atoms with E-state index >= 15 is 0 Å². The van der Waals surface area contributed by atoms with Crippen molar-refractivity contribution in [2.75, 3.05) is 25.4 Å². The van der Waals surface area contributed by atoms with Gasteiger partial charge in [0.25, 0.3) is 0 Å². The average Bonchev–Trinajstić information content (AvgIpc) is 2.64. The second-order valence-corrected chi connectivity index (χ2v) is 10.8. The molecule has 0 aliphatic carbocycles. The molecule has 0 saturated heterocycles. The van der Waals surface area contributed by atoms with E-state index in [1.54, 1.807) is 0 Å². The molecule has 16 heteroatoms. The lowest BCUT2D eigenvalue weighted by atomic mass is 9.68. The molecule has 0 aromatic heterocycles. The molecule has 0 aromatic rings. The minimum atomic E-state index is -3.94. The van der Waals surface area contributed by atoms with Crippen molar-refractivity contribution in [2.24, 2.45) is 22.9 Å². The summed E-state index contributed by atoms with van der Waals surface area (Å²) in [5.74, 6) is -3.25. The normalized spacial score (nSPS) is 12.0. The van der Waals surface area contributed by atoms with Crippen LogP contribution in [0.15, 0.2) is 0 Å². The molecule has 0 heterocycles. The summed E-state index contributed by atoms with van der Waals surface area (Å²) in [7, 11) is -7.88. The second kappa shape index (κ2) is 15.7. The average molecular weight is 520 g/mol. The number of rotatable bonds is 12. The summed E-state index contributed by atoms with van der Waals surface area (Å²) in [6, 6.07) is 0. The summed E-state index contributed by atoms with van der Waals surface area (Å²) in [5.41, 5.74) is 16.4. The van der Waals surface area contributed by atoms with Gasteiger partial charge in [0.05, 0.1) is 0 Å². The number of carbonyl (C=O) groups excluding carboxylic acids is 4. The van der Waals surface area contributed by atoms with Crippen LogP contribution in [0, 0.1) is 0 Å². The largest absolute Gasteiger partial charge is 0.329 e. The van der Waals surface area contributed by atoms with E-state index in [9.17, 15) is 28.3 Å². The quantitative estimate of drug-likeness (QED) is 0.0796. The van der Waals surface area contributed by atoms with E-state index in [0.29, 0.717) is 32.4 Å². The van der Waals surface area contributed by atoms with Crippen molar-refractivity contribution in [1.82, 2.24) is 0 Å².